The number of rotatable bonds is 5. The van der Waals surface area contributed by atoms with Crippen LogP contribution in [0.5, 0.6) is 0 Å². The summed E-state index contributed by atoms with van der Waals surface area (Å²) in [4.78, 5) is 15.2. The second-order valence-corrected chi connectivity index (χ2v) is 5.53. The maximum Gasteiger partial charge on any atom is 0.210 e. The molecule has 2 rings (SSSR count). The molecule has 0 aromatic heterocycles. The SMILES string of the molecule is CN1CCNCC1CN(C=O)CC#Cc1ccc(CO)cc1. The summed E-state index contributed by atoms with van der Waals surface area (Å²) < 4.78 is 0. The molecule has 1 fully saturated rings. The van der Waals surface area contributed by atoms with Gasteiger partial charge in [0, 0.05) is 37.8 Å². The average molecular weight is 301 g/mol. The lowest BCUT2D eigenvalue weighted by molar-refractivity contribution is -0.118. The monoisotopic (exact) mass is 301 g/mol. The second kappa shape index (κ2) is 8.54. The smallest absolute Gasteiger partial charge is 0.210 e. The molecule has 0 aliphatic carbocycles. The van der Waals surface area contributed by atoms with Gasteiger partial charge in [-0.05, 0) is 24.7 Å². The van der Waals surface area contributed by atoms with E-state index in [9.17, 15) is 4.79 Å². The molecule has 118 valence electrons. The van der Waals surface area contributed by atoms with Crippen LogP contribution in [0, 0.1) is 11.8 Å². The molecule has 1 saturated heterocycles. The minimum Gasteiger partial charge on any atom is -0.392 e. The van der Waals surface area contributed by atoms with E-state index in [2.05, 4.69) is 29.1 Å². The third-order valence-corrected chi connectivity index (χ3v) is 3.89. The maximum atomic E-state index is 11.2. The van der Waals surface area contributed by atoms with Crippen molar-refractivity contribution in [3.8, 4) is 11.8 Å². The first-order valence-electron chi connectivity index (χ1n) is 7.52. The molecular weight excluding hydrogens is 278 g/mol. The maximum absolute atomic E-state index is 11.2. The molecule has 1 atom stereocenters. The second-order valence-electron chi connectivity index (χ2n) is 5.53. The molecule has 5 nitrogen and oxygen atoms in total. The normalized spacial score (nSPS) is 18.4. The molecular formula is C17H23N3O2. The lowest BCUT2D eigenvalue weighted by Gasteiger charge is -2.35. The lowest BCUT2D eigenvalue weighted by Crippen LogP contribution is -2.53. The Hall–Kier alpha value is -1.87. The van der Waals surface area contributed by atoms with E-state index in [1.54, 1.807) is 4.90 Å². The summed E-state index contributed by atoms with van der Waals surface area (Å²) in [5.74, 6) is 6.09. The zero-order valence-electron chi connectivity index (χ0n) is 13.0. The standard InChI is InChI=1S/C17H23N3O2/c1-19-10-8-18-11-17(19)12-20(14-22)9-2-3-15-4-6-16(13-21)7-5-15/h4-7,14,17-18,21H,8-13H2,1H3. The fraction of sp³-hybridized carbons (Fsp3) is 0.471. The van der Waals surface area contributed by atoms with Crippen LogP contribution in [-0.2, 0) is 11.4 Å². The number of benzene rings is 1. The van der Waals surface area contributed by atoms with E-state index in [1.165, 1.54) is 0 Å². The van der Waals surface area contributed by atoms with Gasteiger partial charge in [-0.3, -0.25) is 9.69 Å². The Morgan fingerprint density at radius 3 is 2.86 bits per heavy atom. The van der Waals surface area contributed by atoms with E-state index in [1.807, 2.05) is 24.3 Å². The number of piperazine rings is 1. The Bertz CT molecular complexity index is 533. The largest absolute Gasteiger partial charge is 0.392 e. The molecule has 22 heavy (non-hydrogen) atoms. The quantitative estimate of drug-likeness (QED) is 0.589. The van der Waals surface area contributed by atoms with Crippen molar-refractivity contribution in [3.05, 3.63) is 35.4 Å². The Labute approximate surface area is 131 Å². The van der Waals surface area contributed by atoms with Crippen molar-refractivity contribution < 1.29 is 9.90 Å². The van der Waals surface area contributed by atoms with Gasteiger partial charge in [-0.2, -0.15) is 0 Å². The number of aliphatic hydroxyl groups is 1. The predicted molar refractivity (Wildman–Crippen MR) is 86.2 cm³/mol. The first-order valence-corrected chi connectivity index (χ1v) is 7.52. The fourth-order valence-electron chi connectivity index (χ4n) is 2.42. The van der Waals surface area contributed by atoms with Crippen LogP contribution in [0.15, 0.2) is 24.3 Å². The number of likely N-dealkylation sites (N-methyl/N-ethyl adjacent to an activating group) is 1. The first-order chi connectivity index (χ1) is 10.7. The van der Waals surface area contributed by atoms with Crippen molar-refractivity contribution in [3.63, 3.8) is 0 Å². The van der Waals surface area contributed by atoms with E-state index in [-0.39, 0.29) is 6.61 Å². The Balaban J connectivity index is 1.87. The van der Waals surface area contributed by atoms with Crippen molar-refractivity contribution in [1.29, 1.82) is 0 Å². The number of hydrogen-bond donors (Lipinski definition) is 2. The number of hydrogen-bond acceptors (Lipinski definition) is 4. The molecule has 1 aromatic rings. The van der Waals surface area contributed by atoms with Crippen LogP contribution < -0.4 is 5.32 Å². The van der Waals surface area contributed by atoms with Gasteiger partial charge in [-0.25, -0.2) is 0 Å². The fourth-order valence-corrected chi connectivity index (χ4v) is 2.42. The number of carbonyl (C=O) groups excluding carboxylic acids is 1. The molecule has 1 aromatic carbocycles. The average Bonchev–Trinajstić information content (AvgIpc) is 2.56. The lowest BCUT2D eigenvalue weighted by atomic mass is 10.1. The summed E-state index contributed by atoms with van der Waals surface area (Å²) in [5.41, 5.74) is 1.76. The highest BCUT2D eigenvalue weighted by molar-refractivity contribution is 5.48. The summed E-state index contributed by atoms with van der Waals surface area (Å²) in [7, 11) is 2.09. The molecule has 0 radical (unpaired) electrons. The number of nitrogens with zero attached hydrogens (tertiary/aromatic N) is 2. The molecule has 5 heteroatoms. The van der Waals surface area contributed by atoms with Crippen LogP contribution in [0.25, 0.3) is 0 Å². The topological polar surface area (TPSA) is 55.8 Å². The number of carbonyl (C=O) groups is 1. The summed E-state index contributed by atoms with van der Waals surface area (Å²) >= 11 is 0. The molecule has 0 saturated carbocycles. The van der Waals surface area contributed by atoms with Crippen molar-refractivity contribution >= 4 is 6.41 Å². The van der Waals surface area contributed by atoms with E-state index >= 15 is 0 Å². The number of aliphatic hydroxyl groups excluding tert-OH is 1. The highest BCUT2D eigenvalue weighted by atomic mass is 16.3. The van der Waals surface area contributed by atoms with Crippen LogP contribution in [0.3, 0.4) is 0 Å². The summed E-state index contributed by atoms with van der Waals surface area (Å²) in [6.45, 7) is 4.05. The molecule has 1 aliphatic heterocycles. The van der Waals surface area contributed by atoms with Gasteiger partial charge >= 0.3 is 0 Å². The van der Waals surface area contributed by atoms with Crippen molar-refractivity contribution in [2.45, 2.75) is 12.6 Å². The van der Waals surface area contributed by atoms with Crippen molar-refractivity contribution in [1.82, 2.24) is 15.1 Å². The van der Waals surface area contributed by atoms with E-state index < -0.39 is 0 Å². The van der Waals surface area contributed by atoms with E-state index in [4.69, 9.17) is 5.11 Å². The molecule has 1 heterocycles. The van der Waals surface area contributed by atoms with Crippen LogP contribution in [0.1, 0.15) is 11.1 Å². The molecule has 1 unspecified atom stereocenters. The van der Waals surface area contributed by atoms with Crippen LogP contribution in [-0.4, -0.2) is 67.1 Å². The van der Waals surface area contributed by atoms with Gasteiger partial charge in [0.15, 0.2) is 0 Å². The van der Waals surface area contributed by atoms with Gasteiger partial charge in [-0.15, -0.1) is 0 Å². The Morgan fingerprint density at radius 2 is 2.23 bits per heavy atom. The third kappa shape index (κ3) is 4.85. The molecule has 2 N–H and O–H groups in total. The van der Waals surface area contributed by atoms with Crippen LogP contribution in [0.2, 0.25) is 0 Å². The zero-order chi connectivity index (χ0) is 15.8. The Kier molecular flexibility index (Phi) is 6.41. The van der Waals surface area contributed by atoms with Crippen molar-refractivity contribution in [2.75, 3.05) is 39.8 Å². The van der Waals surface area contributed by atoms with E-state index in [0.717, 1.165) is 37.2 Å². The Morgan fingerprint density at radius 1 is 1.45 bits per heavy atom. The summed E-state index contributed by atoms with van der Waals surface area (Å²) in [5, 5.41) is 12.3. The first kappa shape index (κ1) is 16.5. The zero-order valence-corrected chi connectivity index (χ0v) is 13.0. The van der Waals surface area contributed by atoms with Gasteiger partial charge in [0.2, 0.25) is 6.41 Å². The molecule has 0 spiro atoms. The summed E-state index contributed by atoms with van der Waals surface area (Å²) in [6, 6.07) is 7.80. The highest BCUT2D eigenvalue weighted by Crippen LogP contribution is 2.03. The summed E-state index contributed by atoms with van der Waals surface area (Å²) in [6.07, 6.45) is 0.867. The number of amides is 1. The number of nitrogens with one attached hydrogen (secondary N) is 1. The van der Waals surface area contributed by atoms with E-state index in [0.29, 0.717) is 19.1 Å². The highest BCUT2D eigenvalue weighted by Gasteiger charge is 2.20. The van der Waals surface area contributed by atoms with Gasteiger partial charge < -0.3 is 15.3 Å². The van der Waals surface area contributed by atoms with Gasteiger partial charge in [0.1, 0.15) is 0 Å². The predicted octanol–water partition coefficient (Wildman–Crippen LogP) is -0.108. The van der Waals surface area contributed by atoms with Crippen molar-refractivity contribution in [2.24, 2.45) is 0 Å². The minimum atomic E-state index is 0.0373. The molecule has 1 amide bonds. The van der Waals surface area contributed by atoms with Gasteiger partial charge in [0.25, 0.3) is 0 Å². The van der Waals surface area contributed by atoms with Gasteiger partial charge in [-0.1, -0.05) is 24.0 Å². The van der Waals surface area contributed by atoms with Crippen LogP contribution >= 0.6 is 0 Å². The third-order valence-electron chi connectivity index (χ3n) is 3.89. The molecule has 0 bridgehead atoms. The van der Waals surface area contributed by atoms with Crippen LogP contribution in [0.4, 0.5) is 0 Å². The molecule has 1 aliphatic rings. The minimum absolute atomic E-state index is 0.0373. The van der Waals surface area contributed by atoms with Gasteiger partial charge in [0.05, 0.1) is 13.2 Å².